The number of hydrogen-bond donors (Lipinski definition) is 0. The Kier molecular flexibility index (Phi) is 8.59. The number of nitrogens with zero attached hydrogens (tertiary/aromatic N) is 6. The predicted octanol–water partition coefficient (Wildman–Crippen LogP) is 8.52. The minimum atomic E-state index is 0.702. The lowest BCUT2D eigenvalue weighted by Crippen LogP contribution is -2.05. The number of benzene rings is 4. The molecule has 0 radical (unpaired) electrons. The van der Waals surface area contributed by atoms with E-state index in [0.29, 0.717) is 23.3 Å². The van der Waals surface area contributed by atoms with Gasteiger partial charge in [-0.15, -0.1) is 0 Å². The molecule has 0 atom stereocenters. The summed E-state index contributed by atoms with van der Waals surface area (Å²) in [5.41, 5.74) is 8.78. The maximum absolute atomic E-state index is 4.88. The maximum atomic E-state index is 4.88. The molecule has 6 aromatic rings. The van der Waals surface area contributed by atoms with Crippen molar-refractivity contribution in [2.45, 2.75) is 53.4 Å². The lowest BCUT2D eigenvalue weighted by Gasteiger charge is -2.10. The topological polar surface area (TPSA) is 77.3 Å². The summed E-state index contributed by atoms with van der Waals surface area (Å²) in [5, 5.41) is 0. The van der Waals surface area contributed by atoms with Crippen molar-refractivity contribution in [2.75, 3.05) is 0 Å². The van der Waals surface area contributed by atoms with Crippen molar-refractivity contribution >= 4 is 0 Å². The van der Waals surface area contributed by atoms with Gasteiger partial charge in [0.05, 0.1) is 0 Å². The molecule has 4 aromatic carbocycles. The molecule has 0 fully saturated rings. The summed E-state index contributed by atoms with van der Waals surface area (Å²) in [6, 6.07) is 33.3. The molecule has 0 unspecified atom stereocenters. The monoisotopic (exact) mass is 576 g/mol. The van der Waals surface area contributed by atoms with Crippen LogP contribution in [0.1, 0.15) is 46.7 Å². The van der Waals surface area contributed by atoms with E-state index >= 15 is 0 Å². The molecule has 2 heterocycles. The summed E-state index contributed by atoms with van der Waals surface area (Å²) in [6.07, 6.45) is 3.27. The van der Waals surface area contributed by atoms with Crippen LogP contribution in [0.2, 0.25) is 0 Å². The molecule has 2 aromatic heterocycles. The zero-order valence-corrected chi connectivity index (χ0v) is 25.7. The van der Waals surface area contributed by atoms with Crippen LogP contribution >= 0.6 is 0 Å². The molecule has 0 spiro atoms. The first-order chi connectivity index (χ1) is 21.4. The first-order valence-electron chi connectivity index (χ1n) is 15.2. The molecular weight excluding hydrogens is 540 g/mol. The van der Waals surface area contributed by atoms with Gasteiger partial charge in [0.25, 0.3) is 0 Å². The number of aryl methyl sites for hydroxylation is 6. The van der Waals surface area contributed by atoms with Gasteiger partial charge < -0.3 is 0 Å². The summed E-state index contributed by atoms with van der Waals surface area (Å²) in [5.74, 6) is 4.40. The largest absolute Gasteiger partial charge is 0.213 e. The third kappa shape index (κ3) is 7.09. The number of unbranched alkanes of at least 4 members (excludes halogenated alkanes) is 1. The zero-order valence-electron chi connectivity index (χ0n) is 25.7. The second-order valence-electron chi connectivity index (χ2n) is 11.5. The standard InChI is InChI=1S/C38H36N6/c1-25-9-17-29(18-10-25)35-39-33(40-36(43-35)30-19-11-26(2)12-20-30)7-5-6-8-34-41-37(31-21-13-27(3)14-22-31)44-38(42-34)32-23-15-28(4)16-24-32/h9-24H,5-8H2,1-4H3. The van der Waals surface area contributed by atoms with E-state index in [9.17, 15) is 0 Å². The summed E-state index contributed by atoms with van der Waals surface area (Å²) < 4.78 is 0. The highest BCUT2D eigenvalue weighted by atomic mass is 15.0. The Morgan fingerprint density at radius 3 is 0.773 bits per heavy atom. The van der Waals surface area contributed by atoms with Crippen LogP contribution in [0.15, 0.2) is 97.1 Å². The van der Waals surface area contributed by atoms with Crippen molar-refractivity contribution in [3.8, 4) is 45.6 Å². The highest BCUT2D eigenvalue weighted by molar-refractivity contribution is 5.62. The van der Waals surface area contributed by atoms with Crippen molar-refractivity contribution < 1.29 is 0 Å². The lowest BCUT2D eigenvalue weighted by atomic mass is 10.1. The van der Waals surface area contributed by atoms with Gasteiger partial charge in [-0.3, -0.25) is 0 Å². The molecule has 44 heavy (non-hydrogen) atoms. The normalized spacial score (nSPS) is 11.1. The first-order valence-corrected chi connectivity index (χ1v) is 15.2. The van der Waals surface area contributed by atoms with Gasteiger partial charge >= 0.3 is 0 Å². The van der Waals surface area contributed by atoms with Gasteiger partial charge in [0.15, 0.2) is 23.3 Å². The van der Waals surface area contributed by atoms with E-state index < -0.39 is 0 Å². The molecule has 0 bridgehead atoms. The van der Waals surface area contributed by atoms with Crippen molar-refractivity contribution in [1.29, 1.82) is 0 Å². The Balaban J connectivity index is 1.23. The second kappa shape index (κ2) is 13.0. The van der Waals surface area contributed by atoms with Crippen LogP contribution in [0.25, 0.3) is 45.6 Å². The molecule has 0 aliphatic carbocycles. The molecule has 6 heteroatoms. The van der Waals surface area contributed by atoms with Gasteiger partial charge in [0, 0.05) is 35.1 Å². The Labute approximate surface area is 259 Å². The third-order valence-corrected chi connectivity index (χ3v) is 7.65. The molecule has 0 N–H and O–H groups in total. The van der Waals surface area contributed by atoms with Gasteiger partial charge in [0.2, 0.25) is 0 Å². The fourth-order valence-corrected chi connectivity index (χ4v) is 4.96. The Morgan fingerprint density at radius 2 is 0.545 bits per heavy atom. The van der Waals surface area contributed by atoms with Crippen LogP contribution in [0.4, 0.5) is 0 Å². The lowest BCUT2D eigenvalue weighted by molar-refractivity contribution is 0.683. The van der Waals surface area contributed by atoms with Gasteiger partial charge in [0.1, 0.15) is 11.6 Å². The SMILES string of the molecule is Cc1ccc(-c2nc(CCCCc3nc(-c4ccc(C)cc4)nc(-c4ccc(C)cc4)n3)nc(-c3ccc(C)cc3)n2)cc1. The minimum Gasteiger partial charge on any atom is -0.213 e. The van der Waals surface area contributed by atoms with E-state index in [1.165, 1.54) is 22.3 Å². The second-order valence-corrected chi connectivity index (χ2v) is 11.5. The van der Waals surface area contributed by atoms with Crippen LogP contribution in [-0.2, 0) is 12.8 Å². The van der Waals surface area contributed by atoms with Gasteiger partial charge in [-0.2, -0.15) is 0 Å². The Morgan fingerprint density at radius 1 is 0.318 bits per heavy atom. The van der Waals surface area contributed by atoms with Crippen LogP contribution < -0.4 is 0 Å². The van der Waals surface area contributed by atoms with Crippen molar-refractivity contribution in [2.24, 2.45) is 0 Å². The molecule has 0 aliphatic rings. The smallest absolute Gasteiger partial charge is 0.163 e. The fraction of sp³-hybridized carbons (Fsp3) is 0.211. The summed E-state index contributed by atoms with van der Waals surface area (Å²) in [7, 11) is 0. The van der Waals surface area contributed by atoms with E-state index in [1.54, 1.807) is 0 Å². The fourth-order valence-electron chi connectivity index (χ4n) is 4.96. The number of aromatic nitrogens is 6. The van der Waals surface area contributed by atoms with Gasteiger partial charge in [-0.05, 0) is 40.5 Å². The molecule has 0 aliphatic heterocycles. The molecule has 0 amide bonds. The van der Waals surface area contributed by atoms with Crippen LogP contribution in [0, 0.1) is 27.7 Å². The van der Waals surface area contributed by atoms with Crippen LogP contribution in [0.5, 0.6) is 0 Å². The first kappa shape index (κ1) is 29.0. The molecule has 218 valence electrons. The summed E-state index contributed by atoms with van der Waals surface area (Å²) in [6.45, 7) is 8.33. The van der Waals surface area contributed by atoms with Crippen molar-refractivity contribution in [3.05, 3.63) is 131 Å². The average molecular weight is 577 g/mol. The zero-order chi connectivity index (χ0) is 30.5. The van der Waals surface area contributed by atoms with E-state index in [4.69, 9.17) is 29.9 Å². The third-order valence-electron chi connectivity index (χ3n) is 7.65. The molecule has 6 rings (SSSR count). The van der Waals surface area contributed by atoms with Crippen molar-refractivity contribution in [1.82, 2.24) is 29.9 Å². The van der Waals surface area contributed by atoms with Crippen molar-refractivity contribution in [3.63, 3.8) is 0 Å². The van der Waals surface area contributed by atoms with E-state index in [2.05, 4.69) is 125 Å². The molecule has 0 saturated carbocycles. The number of rotatable bonds is 9. The van der Waals surface area contributed by atoms with E-state index in [0.717, 1.165) is 59.6 Å². The quantitative estimate of drug-likeness (QED) is 0.161. The van der Waals surface area contributed by atoms with Gasteiger partial charge in [-0.25, -0.2) is 29.9 Å². The summed E-state index contributed by atoms with van der Waals surface area (Å²) >= 11 is 0. The Bertz CT molecular complexity index is 1590. The maximum Gasteiger partial charge on any atom is 0.163 e. The molecule has 0 saturated heterocycles. The minimum absolute atomic E-state index is 0.702. The average Bonchev–Trinajstić information content (AvgIpc) is 3.04. The van der Waals surface area contributed by atoms with Crippen LogP contribution in [0.3, 0.4) is 0 Å². The van der Waals surface area contributed by atoms with Gasteiger partial charge in [-0.1, -0.05) is 119 Å². The van der Waals surface area contributed by atoms with E-state index in [-0.39, 0.29) is 0 Å². The molecular formula is C38H36N6. The highest BCUT2D eigenvalue weighted by Gasteiger charge is 2.13. The Hall–Kier alpha value is -5.10. The van der Waals surface area contributed by atoms with Crippen LogP contribution in [-0.4, -0.2) is 29.9 Å². The predicted molar refractivity (Wildman–Crippen MR) is 177 cm³/mol. The number of hydrogen-bond acceptors (Lipinski definition) is 6. The highest BCUT2D eigenvalue weighted by Crippen LogP contribution is 2.24. The summed E-state index contributed by atoms with van der Waals surface area (Å²) in [4.78, 5) is 29.2. The molecule has 6 nitrogen and oxygen atoms in total. The van der Waals surface area contributed by atoms with E-state index in [1.807, 2.05) is 0 Å².